The normalized spacial score (nSPS) is 21.5. The van der Waals surface area contributed by atoms with Crippen molar-refractivity contribution >= 4 is 0 Å². The molecule has 1 aromatic heterocycles. The third kappa shape index (κ3) is 3.53. The van der Waals surface area contributed by atoms with E-state index in [0.29, 0.717) is 23.9 Å². The molecule has 1 fully saturated rings. The number of hydrogen-bond donors (Lipinski definition) is 0. The number of para-hydroxylation sites is 1. The Morgan fingerprint density at radius 1 is 1.14 bits per heavy atom. The van der Waals surface area contributed by atoms with Gasteiger partial charge in [-0.2, -0.15) is 0 Å². The number of aromatic nitrogens is 2. The van der Waals surface area contributed by atoms with Crippen LogP contribution in [-0.4, -0.2) is 55.3 Å². The molecule has 1 aromatic carbocycles. The van der Waals surface area contributed by atoms with Gasteiger partial charge >= 0.3 is 0 Å². The third-order valence-corrected chi connectivity index (χ3v) is 6.05. The lowest BCUT2D eigenvalue weighted by atomic mass is 9.77. The Morgan fingerprint density at radius 3 is 2.68 bits per heavy atom. The Labute approximate surface area is 166 Å². The number of aryl methyl sites for hydroxylation is 2. The Bertz CT molecular complexity index is 816. The molecule has 2 aliphatic rings. The zero-order chi connectivity index (χ0) is 19.6. The molecule has 2 heterocycles. The highest BCUT2D eigenvalue weighted by atomic mass is 16.5. The predicted octanol–water partition coefficient (Wildman–Crippen LogP) is 3.16. The highest BCUT2D eigenvalue weighted by molar-refractivity contribution is 5.51. The summed E-state index contributed by atoms with van der Waals surface area (Å²) in [6, 6.07) is 5.69. The van der Waals surface area contributed by atoms with Crippen LogP contribution in [0.15, 0.2) is 24.4 Å². The quantitative estimate of drug-likeness (QED) is 0.764. The van der Waals surface area contributed by atoms with E-state index in [9.17, 15) is 0 Å². The van der Waals surface area contributed by atoms with Crippen molar-refractivity contribution in [1.29, 1.82) is 0 Å². The average Bonchev–Trinajstić information content (AvgIpc) is 3.05. The topological polar surface area (TPSA) is 56.7 Å². The summed E-state index contributed by atoms with van der Waals surface area (Å²) in [5.41, 5.74) is 2.81. The molecular formula is C22H29N3O3. The van der Waals surface area contributed by atoms with E-state index in [2.05, 4.69) is 9.88 Å². The Morgan fingerprint density at radius 2 is 1.93 bits per heavy atom. The van der Waals surface area contributed by atoms with Crippen LogP contribution in [0.25, 0.3) is 0 Å². The van der Waals surface area contributed by atoms with E-state index in [1.807, 2.05) is 31.3 Å². The minimum atomic E-state index is 0.184. The third-order valence-electron chi connectivity index (χ3n) is 6.05. The van der Waals surface area contributed by atoms with Gasteiger partial charge in [0.05, 0.1) is 19.9 Å². The second-order valence-electron chi connectivity index (χ2n) is 7.79. The molecule has 0 radical (unpaired) electrons. The number of fused-ring (bicyclic) bond motifs is 2. The van der Waals surface area contributed by atoms with Gasteiger partial charge in [0.2, 0.25) is 5.75 Å². The Hall–Kier alpha value is -2.34. The number of methoxy groups -OCH3 is 2. The summed E-state index contributed by atoms with van der Waals surface area (Å²) in [7, 11) is 3.30. The zero-order valence-electron chi connectivity index (χ0n) is 17.0. The van der Waals surface area contributed by atoms with Crippen molar-refractivity contribution in [3.05, 3.63) is 41.5 Å². The molecule has 6 nitrogen and oxygen atoms in total. The molecule has 1 aliphatic carbocycles. The maximum atomic E-state index is 6.08. The molecule has 1 aliphatic heterocycles. The van der Waals surface area contributed by atoms with E-state index in [1.165, 1.54) is 30.5 Å². The number of likely N-dealkylation sites (tertiary alicyclic amines) is 1. The second-order valence-corrected chi connectivity index (χ2v) is 7.79. The number of piperidine rings is 1. The molecule has 0 saturated carbocycles. The van der Waals surface area contributed by atoms with E-state index in [4.69, 9.17) is 19.2 Å². The first-order chi connectivity index (χ1) is 13.6. The summed E-state index contributed by atoms with van der Waals surface area (Å²) in [6.07, 6.45) is 6.72. The number of hydrogen-bond acceptors (Lipinski definition) is 6. The number of rotatable bonds is 6. The average molecular weight is 383 g/mol. The lowest BCUT2D eigenvalue weighted by Crippen LogP contribution is -2.46. The van der Waals surface area contributed by atoms with Crippen molar-refractivity contribution in [3.8, 4) is 17.2 Å². The SMILES string of the molecule is COc1cccc(OC)c1OCCN1CCCC2(CCc3cnc(C)nc32)C1. The van der Waals surface area contributed by atoms with Crippen molar-refractivity contribution in [2.75, 3.05) is 40.5 Å². The fourth-order valence-electron chi connectivity index (χ4n) is 4.68. The molecule has 1 atom stereocenters. The maximum Gasteiger partial charge on any atom is 0.203 e. The van der Waals surface area contributed by atoms with Crippen molar-refractivity contribution in [1.82, 2.24) is 14.9 Å². The van der Waals surface area contributed by atoms with Gasteiger partial charge in [0, 0.05) is 24.7 Å². The summed E-state index contributed by atoms with van der Waals surface area (Å²) in [5.74, 6) is 2.95. The lowest BCUT2D eigenvalue weighted by molar-refractivity contribution is 0.121. The first-order valence-electron chi connectivity index (χ1n) is 10.0. The minimum Gasteiger partial charge on any atom is -0.493 e. The number of nitrogens with zero attached hydrogens (tertiary/aromatic N) is 3. The van der Waals surface area contributed by atoms with Gasteiger partial charge in [0.1, 0.15) is 12.4 Å². The van der Waals surface area contributed by atoms with E-state index in [-0.39, 0.29) is 5.41 Å². The first kappa shape index (κ1) is 19.0. The van der Waals surface area contributed by atoms with Gasteiger partial charge in [-0.25, -0.2) is 9.97 Å². The molecule has 0 N–H and O–H groups in total. The molecule has 2 aromatic rings. The van der Waals surface area contributed by atoms with E-state index >= 15 is 0 Å². The van der Waals surface area contributed by atoms with Crippen LogP contribution >= 0.6 is 0 Å². The van der Waals surface area contributed by atoms with Gasteiger partial charge in [-0.05, 0) is 56.8 Å². The van der Waals surface area contributed by atoms with Crippen LogP contribution in [0.2, 0.25) is 0 Å². The van der Waals surface area contributed by atoms with Gasteiger partial charge in [0.25, 0.3) is 0 Å². The molecule has 1 saturated heterocycles. The fourth-order valence-corrected chi connectivity index (χ4v) is 4.68. The van der Waals surface area contributed by atoms with Crippen molar-refractivity contribution in [3.63, 3.8) is 0 Å². The number of ether oxygens (including phenoxy) is 3. The van der Waals surface area contributed by atoms with E-state index in [1.54, 1.807) is 14.2 Å². The van der Waals surface area contributed by atoms with Gasteiger partial charge < -0.3 is 14.2 Å². The minimum absolute atomic E-state index is 0.184. The molecule has 6 heteroatoms. The monoisotopic (exact) mass is 383 g/mol. The second kappa shape index (κ2) is 7.95. The molecule has 0 amide bonds. The van der Waals surface area contributed by atoms with Crippen LogP contribution < -0.4 is 14.2 Å². The van der Waals surface area contributed by atoms with Gasteiger partial charge in [-0.3, -0.25) is 4.90 Å². The van der Waals surface area contributed by atoms with Gasteiger partial charge in [-0.15, -0.1) is 0 Å². The summed E-state index contributed by atoms with van der Waals surface area (Å²) in [5, 5.41) is 0. The van der Waals surface area contributed by atoms with Crippen molar-refractivity contribution in [2.45, 2.75) is 38.0 Å². The lowest BCUT2D eigenvalue weighted by Gasteiger charge is -2.40. The molecule has 1 unspecified atom stereocenters. The predicted molar refractivity (Wildman–Crippen MR) is 107 cm³/mol. The molecule has 1 spiro atoms. The van der Waals surface area contributed by atoms with E-state index in [0.717, 1.165) is 31.9 Å². The fraction of sp³-hybridized carbons (Fsp3) is 0.545. The smallest absolute Gasteiger partial charge is 0.203 e. The standard InChI is InChI=1S/C22H29N3O3/c1-16-23-14-17-8-10-22(21(17)24-16)9-5-11-25(15-22)12-13-28-20-18(26-2)6-4-7-19(20)27-3/h4,6-7,14H,5,8-13,15H2,1-3H3. The molecule has 150 valence electrons. The number of benzene rings is 1. The molecule has 28 heavy (non-hydrogen) atoms. The first-order valence-corrected chi connectivity index (χ1v) is 10.0. The van der Waals surface area contributed by atoms with Crippen LogP contribution in [0.4, 0.5) is 0 Å². The highest BCUT2D eigenvalue weighted by Crippen LogP contribution is 2.44. The summed E-state index contributed by atoms with van der Waals surface area (Å²) < 4.78 is 16.9. The van der Waals surface area contributed by atoms with Crippen LogP contribution in [0, 0.1) is 6.92 Å². The van der Waals surface area contributed by atoms with Crippen molar-refractivity contribution < 1.29 is 14.2 Å². The summed E-state index contributed by atoms with van der Waals surface area (Å²) in [4.78, 5) is 11.7. The summed E-state index contributed by atoms with van der Waals surface area (Å²) in [6.45, 7) is 5.61. The van der Waals surface area contributed by atoms with Crippen LogP contribution in [-0.2, 0) is 11.8 Å². The Kier molecular flexibility index (Phi) is 5.40. The zero-order valence-corrected chi connectivity index (χ0v) is 17.0. The largest absolute Gasteiger partial charge is 0.493 e. The maximum absolute atomic E-state index is 6.08. The van der Waals surface area contributed by atoms with E-state index < -0.39 is 0 Å². The Balaban J connectivity index is 1.42. The van der Waals surface area contributed by atoms with Gasteiger partial charge in [-0.1, -0.05) is 6.07 Å². The van der Waals surface area contributed by atoms with Crippen molar-refractivity contribution in [2.24, 2.45) is 0 Å². The van der Waals surface area contributed by atoms with Gasteiger partial charge in [0.15, 0.2) is 11.5 Å². The highest BCUT2D eigenvalue weighted by Gasteiger charge is 2.43. The molecule has 0 bridgehead atoms. The van der Waals surface area contributed by atoms with Crippen LogP contribution in [0.5, 0.6) is 17.2 Å². The van der Waals surface area contributed by atoms with Crippen LogP contribution in [0.1, 0.15) is 36.3 Å². The van der Waals surface area contributed by atoms with Crippen LogP contribution in [0.3, 0.4) is 0 Å². The molecular weight excluding hydrogens is 354 g/mol. The summed E-state index contributed by atoms with van der Waals surface area (Å²) >= 11 is 0. The molecule has 4 rings (SSSR count).